The minimum Gasteiger partial charge on any atom is -0.465 e. The molecule has 0 aromatic heterocycles. The highest BCUT2D eigenvalue weighted by Gasteiger charge is 2.21. The molecular weight excluding hydrogens is 232 g/mol. The van der Waals surface area contributed by atoms with Crippen LogP contribution in [0.2, 0.25) is 0 Å². The van der Waals surface area contributed by atoms with E-state index >= 15 is 0 Å². The molecule has 0 radical (unpaired) electrons. The van der Waals surface area contributed by atoms with Gasteiger partial charge in [0.1, 0.15) is 0 Å². The minimum atomic E-state index is -0.835. The maximum Gasteiger partial charge on any atom is 0.407 e. The summed E-state index contributed by atoms with van der Waals surface area (Å²) in [6.45, 7) is 1.67. The molecule has 0 aliphatic carbocycles. The summed E-state index contributed by atoms with van der Waals surface area (Å²) in [5.41, 5.74) is 4.13. The molecule has 1 aliphatic rings. The molecule has 98 valence electrons. The average molecular weight is 250 g/mol. The molecule has 1 aromatic carbocycles. The summed E-state index contributed by atoms with van der Waals surface area (Å²) >= 11 is 0. The van der Waals surface area contributed by atoms with Crippen molar-refractivity contribution in [1.29, 1.82) is 0 Å². The van der Waals surface area contributed by atoms with Crippen molar-refractivity contribution >= 4 is 6.09 Å². The maximum atomic E-state index is 10.7. The van der Waals surface area contributed by atoms with Gasteiger partial charge in [-0.2, -0.15) is 5.48 Å². The number of rotatable bonds is 4. The zero-order valence-electron chi connectivity index (χ0n) is 10.2. The number of piperidine rings is 1. The monoisotopic (exact) mass is 250 g/mol. The Morgan fingerprint density at radius 2 is 2.00 bits per heavy atom. The van der Waals surface area contributed by atoms with Crippen LogP contribution in [0, 0.1) is 0 Å². The Labute approximate surface area is 106 Å². The summed E-state index contributed by atoms with van der Waals surface area (Å²) in [4.78, 5) is 17.6. The molecule has 1 fully saturated rings. The van der Waals surface area contributed by atoms with Gasteiger partial charge in [0.2, 0.25) is 0 Å². The fourth-order valence-corrected chi connectivity index (χ4v) is 2.01. The number of likely N-dealkylation sites (tertiary alicyclic amines) is 1. The van der Waals surface area contributed by atoms with E-state index in [1.165, 1.54) is 4.90 Å². The van der Waals surface area contributed by atoms with E-state index in [0.717, 1.165) is 18.4 Å². The summed E-state index contributed by atoms with van der Waals surface area (Å²) < 4.78 is 0. The van der Waals surface area contributed by atoms with Gasteiger partial charge >= 0.3 is 6.09 Å². The van der Waals surface area contributed by atoms with E-state index in [1.54, 1.807) is 0 Å². The zero-order chi connectivity index (χ0) is 12.8. The quantitative estimate of drug-likeness (QED) is 0.801. The number of benzene rings is 1. The first-order valence-corrected chi connectivity index (χ1v) is 6.15. The fraction of sp³-hybridized carbons (Fsp3) is 0.462. The predicted molar refractivity (Wildman–Crippen MR) is 67.0 cm³/mol. The van der Waals surface area contributed by atoms with Crippen LogP contribution in [-0.2, 0) is 11.4 Å². The molecule has 1 saturated heterocycles. The van der Waals surface area contributed by atoms with Crippen molar-refractivity contribution in [3.05, 3.63) is 35.9 Å². The van der Waals surface area contributed by atoms with Gasteiger partial charge in [-0.1, -0.05) is 30.3 Å². The van der Waals surface area contributed by atoms with E-state index in [0.29, 0.717) is 19.7 Å². The Balaban J connectivity index is 1.65. The van der Waals surface area contributed by atoms with Gasteiger partial charge in [-0.15, -0.1) is 0 Å². The van der Waals surface area contributed by atoms with E-state index in [-0.39, 0.29) is 6.04 Å². The highest BCUT2D eigenvalue weighted by Crippen LogP contribution is 2.10. The highest BCUT2D eigenvalue weighted by atomic mass is 16.6. The molecule has 5 heteroatoms. The van der Waals surface area contributed by atoms with Crippen LogP contribution in [-0.4, -0.2) is 35.2 Å². The molecule has 0 bridgehead atoms. The molecule has 0 unspecified atom stereocenters. The first-order chi connectivity index (χ1) is 8.75. The molecule has 1 aliphatic heterocycles. The van der Waals surface area contributed by atoms with Gasteiger partial charge in [-0.05, 0) is 18.4 Å². The summed E-state index contributed by atoms with van der Waals surface area (Å²) in [5, 5.41) is 8.82. The Kier molecular flexibility index (Phi) is 4.55. The van der Waals surface area contributed by atoms with Crippen molar-refractivity contribution in [2.75, 3.05) is 13.1 Å². The number of nitrogens with zero attached hydrogens (tertiary/aromatic N) is 1. The van der Waals surface area contributed by atoms with Gasteiger partial charge in [-0.25, -0.2) is 4.79 Å². The lowest BCUT2D eigenvalue weighted by Gasteiger charge is -2.30. The third-order valence-electron chi connectivity index (χ3n) is 3.10. The predicted octanol–water partition coefficient (Wildman–Crippen LogP) is 1.85. The SMILES string of the molecule is O=C(O)N1CCC(NOCc2ccccc2)CC1. The standard InChI is InChI=1S/C13H18N2O3/c16-13(17)15-8-6-12(7-9-15)14-18-10-11-4-2-1-3-5-11/h1-5,12,14H,6-10H2,(H,16,17). The molecule has 1 heterocycles. The summed E-state index contributed by atoms with van der Waals surface area (Å²) in [7, 11) is 0. The van der Waals surface area contributed by atoms with Crippen molar-refractivity contribution in [3.8, 4) is 0 Å². The topological polar surface area (TPSA) is 61.8 Å². The Hall–Kier alpha value is -1.59. The molecular formula is C13H18N2O3. The van der Waals surface area contributed by atoms with Crippen LogP contribution in [0.5, 0.6) is 0 Å². The van der Waals surface area contributed by atoms with Crippen molar-refractivity contribution < 1.29 is 14.7 Å². The Bertz CT molecular complexity index is 375. The van der Waals surface area contributed by atoms with Crippen molar-refractivity contribution in [3.63, 3.8) is 0 Å². The Morgan fingerprint density at radius 3 is 2.61 bits per heavy atom. The lowest BCUT2D eigenvalue weighted by Crippen LogP contribution is -2.44. The molecule has 1 aromatic rings. The van der Waals surface area contributed by atoms with E-state index < -0.39 is 6.09 Å². The molecule has 2 rings (SSSR count). The first kappa shape index (κ1) is 12.9. The van der Waals surface area contributed by atoms with Gasteiger partial charge in [0.05, 0.1) is 6.61 Å². The van der Waals surface area contributed by atoms with E-state index in [4.69, 9.17) is 9.94 Å². The van der Waals surface area contributed by atoms with Gasteiger partial charge in [0.25, 0.3) is 0 Å². The van der Waals surface area contributed by atoms with Crippen LogP contribution >= 0.6 is 0 Å². The average Bonchev–Trinajstić information content (AvgIpc) is 2.40. The Morgan fingerprint density at radius 1 is 1.33 bits per heavy atom. The summed E-state index contributed by atoms with van der Waals surface area (Å²) in [6.07, 6.45) is 0.751. The van der Waals surface area contributed by atoms with Crippen LogP contribution in [0.1, 0.15) is 18.4 Å². The molecule has 5 nitrogen and oxygen atoms in total. The normalized spacial score (nSPS) is 16.8. The van der Waals surface area contributed by atoms with Gasteiger partial charge in [0, 0.05) is 19.1 Å². The smallest absolute Gasteiger partial charge is 0.407 e. The lowest BCUT2D eigenvalue weighted by atomic mass is 10.1. The molecule has 0 atom stereocenters. The van der Waals surface area contributed by atoms with Gasteiger partial charge in [-0.3, -0.25) is 4.84 Å². The maximum absolute atomic E-state index is 10.7. The molecule has 18 heavy (non-hydrogen) atoms. The second kappa shape index (κ2) is 6.37. The molecule has 0 spiro atoms. The number of nitrogens with one attached hydrogen (secondary N) is 1. The molecule has 2 N–H and O–H groups in total. The van der Waals surface area contributed by atoms with E-state index in [2.05, 4.69) is 5.48 Å². The van der Waals surface area contributed by atoms with Crippen molar-refractivity contribution in [1.82, 2.24) is 10.4 Å². The van der Waals surface area contributed by atoms with Crippen LogP contribution in [0.15, 0.2) is 30.3 Å². The molecule has 0 saturated carbocycles. The van der Waals surface area contributed by atoms with Crippen molar-refractivity contribution in [2.45, 2.75) is 25.5 Å². The number of carbonyl (C=O) groups is 1. The van der Waals surface area contributed by atoms with Gasteiger partial charge in [0.15, 0.2) is 0 Å². The highest BCUT2D eigenvalue weighted by molar-refractivity contribution is 5.65. The minimum absolute atomic E-state index is 0.240. The first-order valence-electron chi connectivity index (χ1n) is 6.15. The van der Waals surface area contributed by atoms with Crippen LogP contribution < -0.4 is 5.48 Å². The summed E-state index contributed by atoms with van der Waals surface area (Å²) in [6, 6.07) is 10.2. The summed E-state index contributed by atoms with van der Waals surface area (Å²) in [5.74, 6) is 0. The lowest BCUT2D eigenvalue weighted by molar-refractivity contribution is -0.0105. The zero-order valence-corrected chi connectivity index (χ0v) is 10.2. The number of hydroxylamine groups is 1. The van der Waals surface area contributed by atoms with E-state index in [1.807, 2.05) is 30.3 Å². The second-order valence-corrected chi connectivity index (χ2v) is 4.44. The number of carboxylic acid groups (broad SMARTS) is 1. The number of hydrogen-bond donors (Lipinski definition) is 2. The fourth-order valence-electron chi connectivity index (χ4n) is 2.01. The van der Waals surface area contributed by atoms with Crippen LogP contribution in [0.3, 0.4) is 0 Å². The molecule has 1 amide bonds. The third-order valence-corrected chi connectivity index (χ3v) is 3.10. The third kappa shape index (κ3) is 3.72. The van der Waals surface area contributed by atoms with Crippen molar-refractivity contribution in [2.24, 2.45) is 0 Å². The largest absolute Gasteiger partial charge is 0.465 e. The van der Waals surface area contributed by atoms with Crippen LogP contribution in [0.25, 0.3) is 0 Å². The van der Waals surface area contributed by atoms with Gasteiger partial charge < -0.3 is 10.0 Å². The second-order valence-electron chi connectivity index (χ2n) is 4.44. The number of hydrogen-bond acceptors (Lipinski definition) is 3. The number of amides is 1. The van der Waals surface area contributed by atoms with Crippen LogP contribution in [0.4, 0.5) is 4.79 Å². The van der Waals surface area contributed by atoms with E-state index in [9.17, 15) is 4.79 Å².